The lowest BCUT2D eigenvalue weighted by Crippen LogP contribution is -2.28. The molecule has 0 saturated heterocycles. The minimum absolute atomic E-state index is 0.0759. The lowest BCUT2D eigenvalue weighted by Gasteiger charge is -2.30. The van der Waals surface area contributed by atoms with Crippen molar-refractivity contribution in [1.29, 1.82) is 5.26 Å². The second-order valence-corrected chi connectivity index (χ2v) is 6.87. The number of benzene rings is 2. The van der Waals surface area contributed by atoms with Gasteiger partial charge in [-0.15, -0.1) is 0 Å². The topological polar surface area (TPSA) is 52.9 Å². The number of nitrogens with one attached hydrogen (secondary N) is 1. The van der Waals surface area contributed by atoms with Gasteiger partial charge in [0.05, 0.1) is 23.3 Å². The van der Waals surface area contributed by atoms with Gasteiger partial charge < -0.3 is 5.32 Å². The number of ketones is 1. The maximum Gasteiger partial charge on any atom is 0.192 e. The van der Waals surface area contributed by atoms with Gasteiger partial charge in [-0.05, 0) is 23.6 Å². The predicted molar refractivity (Wildman–Crippen MR) is 97.4 cm³/mol. The lowest BCUT2D eigenvalue weighted by atomic mass is 9.79. The summed E-state index contributed by atoms with van der Waals surface area (Å²) in [7, 11) is 0. The maximum absolute atomic E-state index is 13.4. The number of nitriles is 1. The molecule has 4 rings (SSSR count). The van der Waals surface area contributed by atoms with Crippen molar-refractivity contribution in [3.05, 3.63) is 87.9 Å². The van der Waals surface area contributed by atoms with Gasteiger partial charge in [0.25, 0.3) is 0 Å². The van der Waals surface area contributed by atoms with Crippen molar-refractivity contribution >= 4 is 11.5 Å². The molecule has 0 saturated carbocycles. The highest BCUT2D eigenvalue weighted by atomic mass is 19.1. The molecule has 3 nitrogen and oxygen atoms in total. The molecule has 1 unspecified atom stereocenters. The lowest BCUT2D eigenvalue weighted by molar-refractivity contribution is 0.103. The zero-order chi connectivity index (χ0) is 18.4. The molecule has 2 aromatic carbocycles. The van der Waals surface area contributed by atoms with Gasteiger partial charge in [0, 0.05) is 22.4 Å². The van der Waals surface area contributed by atoms with Crippen molar-refractivity contribution in [2.45, 2.75) is 19.8 Å². The highest BCUT2D eigenvalue weighted by Crippen LogP contribution is 2.47. The molecule has 26 heavy (non-hydrogen) atoms. The van der Waals surface area contributed by atoms with E-state index in [-0.39, 0.29) is 17.5 Å². The van der Waals surface area contributed by atoms with Crippen LogP contribution in [-0.2, 0) is 0 Å². The molecule has 0 radical (unpaired) electrons. The Bertz CT molecular complexity index is 1020. The van der Waals surface area contributed by atoms with E-state index in [1.165, 1.54) is 12.1 Å². The molecule has 128 valence electrons. The summed E-state index contributed by atoms with van der Waals surface area (Å²) in [5.41, 5.74) is 4.91. The molecule has 1 aliphatic heterocycles. The molecule has 1 aliphatic carbocycles. The predicted octanol–water partition coefficient (Wildman–Crippen LogP) is 4.55. The van der Waals surface area contributed by atoms with Gasteiger partial charge in [0.2, 0.25) is 0 Å². The molecule has 0 spiro atoms. The molecule has 4 heteroatoms. The number of nitrogens with zero attached hydrogens (tertiary/aromatic N) is 1. The van der Waals surface area contributed by atoms with Crippen molar-refractivity contribution in [1.82, 2.24) is 5.32 Å². The van der Waals surface area contributed by atoms with Crippen LogP contribution in [0, 0.1) is 23.1 Å². The number of rotatable bonds is 2. The van der Waals surface area contributed by atoms with Gasteiger partial charge in [0.1, 0.15) is 5.82 Å². The van der Waals surface area contributed by atoms with Crippen molar-refractivity contribution < 1.29 is 9.18 Å². The summed E-state index contributed by atoms with van der Waals surface area (Å²) in [5.74, 6) is -0.823. The highest BCUT2D eigenvalue weighted by molar-refractivity contribution is 6.22. The fourth-order valence-corrected chi connectivity index (χ4v) is 3.78. The number of carbonyl (C=O) groups excluding carboxylic acids is 1. The highest BCUT2D eigenvalue weighted by Gasteiger charge is 2.41. The van der Waals surface area contributed by atoms with Crippen molar-refractivity contribution in [3.63, 3.8) is 0 Å². The molecule has 0 amide bonds. The second kappa shape index (κ2) is 5.96. The fourth-order valence-electron chi connectivity index (χ4n) is 3.78. The molecule has 1 atom stereocenters. The summed E-state index contributed by atoms with van der Waals surface area (Å²) in [6, 6.07) is 15.8. The van der Waals surface area contributed by atoms with Crippen molar-refractivity contribution in [2.75, 3.05) is 0 Å². The normalized spacial score (nSPS) is 18.6. The van der Waals surface area contributed by atoms with Gasteiger partial charge in [-0.25, -0.2) is 4.39 Å². The van der Waals surface area contributed by atoms with Crippen LogP contribution in [0.15, 0.2) is 65.4 Å². The summed E-state index contributed by atoms with van der Waals surface area (Å²) in [5, 5.41) is 13.2. The van der Waals surface area contributed by atoms with Gasteiger partial charge in [-0.1, -0.05) is 50.2 Å². The van der Waals surface area contributed by atoms with Crippen LogP contribution in [0.5, 0.6) is 0 Å². The molecule has 1 N–H and O–H groups in total. The Balaban J connectivity index is 1.98. The van der Waals surface area contributed by atoms with E-state index in [0.29, 0.717) is 16.7 Å². The molecule has 0 bridgehead atoms. The summed E-state index contributed by atoms with van der Waals surface area (Å²) < 4.78 is 13.4. The van der Waals surface area contributed by atoms with Crippen LogP contribution in [0.3, 0.4) is 0 Å². The van der Waals surface area contributed by atoms with Crippen LogP contribution >= 0.6 is 0 Å². The van der Waals surface area contributed by atoms with Crippen LogP contribution < -0.4 is 5.32 Å². The first-order chi connectivity index (χ1) is 12.5. The zero-order valence-electron chi connectivity index (χ0n) is 14.5. The Morgan fingerprint density at radius 1 is 1.08 bits per heavy atom. The number of allylic oxidation sites excluding steroid dienone is 3. The number of fused-ring (bicyclic) bond motifs is 2. The molecular formula is C22H17FN2O. The SMILES string of the molecule is CC(C)C1=C(C#N)C(c2ccc(F)cc2)C2=C(N1)c1ccccc1C2=O. The Kier molecular flexibility index (Phi) is 3.73. The number of halogens is 1. The van der Waals surface area contributed by atoms with Gasteiger partial charge >= 0.3 is 0 Å². The van der Waals surface area contributed by atoms with Crippen LogP contribution in [0.1, 0.15) is 41.3 Å². The largest absolute Gasteiger partial charge is 0.357 e. The maximum atomic E-state index is 13.4. The first kappa shape index (κ1) is 16.3. The zero-order valence-corrected chi connectivity index (χ0v) is 14.5. The summed E-state index contributed by atoms with van der Waals surface area (Å²) in [6.45, 7) is 4.02. The van der Waals surface area contributed by atoms with Crippen LogP contribution in [-0.4, -0.2) is 5.78 Å². The molecule has 0 fully saturated rings. The van der Waals surface area contributed by atoms with E-state index in [2.05, 4.69) is 11.4 Å². The average molecular weight is 344 g/mol. The Morgan fingerprint density at radius 2 is 1.73 bits per heavy atom. The van der Waals surface area contributed by atoms with Crippen molar-refractivity contribution in [3.8, 4) is 6.07 Å². The quantitative estimate of drug-likeness (QED) is 0.869. The first-order valence-electron chi connectivity index (χ1n) is 8.57. The van der Waals surface area contributed by atoms with E-state index in [4.69, 9.17) is 0 Å². The smallest absolute Gasteiger partial charge is 0.192 e. The van der Waals surface area contributed by atoms with Crippen molar-refractivity contribution in [2.24, 2.45) is 5.92 Å². The summed E-state index contributed by atoms with van der Waals surface area (Å²) >= 11 is 0. The second-order valence-electron chi connectivity index (χ2n) is 6.87. The standard InChI is InChI=1S/C22H17FN2O/c1-12(2)20-17(11-24)18(13-7-9-14(23)10-8-13)19-21(25-20)15-5-3-4-6-16(15)22(19)26/h3-10,12,18,25H,1-2H3. The van der Waals surface area contributed by atoms with Crippen LogP contribution in [0.4, 0.5) is 4.39 Å². The third kappa shape index (κ3) is 2.28. The Morgan fingerprint density at radius 3 is 2.35 bits per heavy atom. The van der Waals surface area contributed by atoms with E-state index in [0.717, 1.165) is 22.5 Å². The van der Waals surface area contributed by atoms with E-state index >= 15 is 0 Å². The number of hydrogen-bond donors (Lipinski definition) is 1. The molecule has 2 aliphatic rings. The Hall–Kier alpha value is -3.19. The molecule has 0 aromatic heterocycles. The molecular weight excluding hydrogens is 327 g/mol. The number of carbonyl (C=O) groups is 1. The molecule has 1 heterocycles. The first-order valence-corrected chi connectivity index (χ1v) is 8.57. The van der Waals surface area contributed by atoms with Crippen LogP contribution in [0.2, 0.25) is 0 Å². The third-order valence-electron chi connectivity index (χ3n) is 4.98. The third-order valence-corrected chi connectivity index (χ3v) is 4.98. The molecule has 2 aromatic rings. The average Bonchev–Trinajstić information content (AvgIpc) is 2.93. The van der Waals surface area contributed by atoms with E-state index in [9.17, 15) is 14.4 Å². The van der Waals surface area contributed by atoms with E-state index in [1.807, 2.05) is 32.0 Å². The summed E-state index contributed by atoms with van der Waals surface area (Å²) in [4.78, 5) is 13.1. The summed E-state index contributed by atoms with van der Waals surface area (Å²) in [6.07, 6.45) is 0. The number of Topliss-reactive ketones (excluding diaryl/α,β-unsaturated/α-hetero) is 1. The van der Waals surface area contributed by atoms with Gasteiger partial charge in [0.15, 0.2) is 5.78 Å². The number of dihydropyridines is 1. The van der Waals surface area contributed by atoms with E-state index < -0.39 is 5.92 Å². The Labute approximate surface area is 151 Å². The van der Waals surface area contributed by atoms with Gasteiger partial charge in [-0.2, -0.15) is 5.26 Å². The minimum Gasteiger partial charge on any atom is -0.357 e. The van der Waals surface area contributed by atoms with Crippen LogP contribution in [0.25, 0.3) is 5.70 Å². The monoisotopic (exact) mass is 344 g/mol. The number of hydrogen-bond acceptors (Lipinski definition) is 3. The van der Waals surface area contributed by atoms with E-state index in [1.54, 1.807) is 18.2 Å². The minimum atomic E-state index is -0.492. The fraction of sp³-hybridized carbons (Fsp3) is 0.182. The van der Waals surface area contributed by atoms with Gasteiger partial charge in [-0.3, -0.25) is 4.79 Å².